The first-order valence-electron chi connectivity index (χ1n) is 3.92. The Bertz CT molecular complexity index is 326. The minimum Gasteiger partial charge on any atom is -0.244 e. The molecule has 0 saturated carbocycles. The molecule has 0 radical (unpaired) electrons. The minimum atomic E-state index is 0.799. The normalized spacial score (nSPS) is 10.0. The van der Waals surface area contributed by atoms with Gasteiger partial charge < -0.3 is 0 Å². The number of aromatic nitrogens is 1. The molecule has 0 N–H and O–H groups in total. The van der Waals surface area contributed by atoms with E-state index in [1.165, 1.54) is 5.56 Å². The first-order valence-corrected chi connectivity index (χ1v) is 3.92. The topological polar surface area (TPSA) is 17.0 Å². The fourth-order valence-corrected chi connectivity index (χ4v) is 1.13. The molecular formula is C10H10NO+. The third kappa shape index (κ3) is 1.53. The van der Waals surface area contributed by atoms with Crippen LogP contribution in [-0.2, 0) is 6.54 Å². The van der Waals surface area contributed by atoms with Crippen molar-refractivity contribution in [1.82, 2.24) is 0 Å². The molecule has 1 aromatic heterocycles. The molecule has 2 aromatic rings. The van der Waals surface area contributed by atoms with E-state index in [1.807, 2.05) is 30.5 Å². The molecule has 0 amide bonds. The van der Waals surface area contributed by atoms with Crippen LogP contribution in [0.3, 0.4) is 0 Å². The molecule has 60 valence electrons. The number of hydrogen-bond donors (Lipinski definition) is 0. The van der Waals surface area contributed by atoms with Gasteiger partial charge in [0.15, 0.2) is 6.26 Å². The highest BCUT2D eigenvalue weighted by Crippen LogP contribution is 1.96. The van der Waals surface area contributed by atoms with Crippen molar-refractivity contribution in [3.05, 3.63) is 54.4 Å². The number of hydrogen-bond acceptors (Lipinski definition) is 1. The summed E-state index contributed by atoms with van der Waals surface area (Å²) in [6, 6.07) is 12.1. The van der Waals surface area contributed by atoms with Gasteiger partial charge in [-0.2, -0.15) is 0 Å². The van der Waals surface area contributed by atoms with E-state index in [9.17, 15) is 0 Å². The van der Waals surface area contributed by atoms with E-state index in [-0.39, 0.29) is 0 Å². The molecule has 2 rings (SSSR count). The molecule has 0 aliphatic carbocycles. The summed E-state index contributed by atoms with van der Waals surface area (Å²) in [6.07, 6.45) is 3.58. The van der Waals surface area contributed by atoms with Gasteiger partial charge in [0.1, 0.15) is 0 Å². The second-order valence-corrected chi connectivity index (χ2v) is 2.64. The first-order chi connectivity index (χ1) is 5.95. The van der Waals surface area contributed by atoms with Gasteiger partial charge in [-0.05, 0) is 4.74 Å². The largest absolute Gasteiger partial charge is 0.244 e. The molecular weight excluding hydrogens is 150 g/mol. The summed E-state index contributed by atoms with van der Waals surface area (Å²) in [5.41, 5.74) is 1.25. The SMILES string of the molecule is c1ccc(C[n+]2ccco2)cc1. The number of rotatable bonds is 2. The van der Waals surface area contributed by atoms with Crippen molar-refractivity contribution in [3.63, 3.8) is 0 Å². The van der Waals surface area contributed by atoms with Crippen LogP contribution in [0.2, 0.25) is 0 Å². The highest BCUT2D eigenvalue weighted by molar-refractivity contribution is 5.12. The van der Waals surface area contributed by atoms with Crippen molar-refractivity contribution in [2.45, 2.75) is 6.54 Å². The van der Waals surface area contributed by atoms with Crippen LogP contribution in [0.15, 0.2) is 53.4 Å². The predicted molar refractivity (Wildman–Crippen MR) is 44.4 cm³/mol. The maximum absolute atomic E-state index is 5.15. The summed E-state index contributed by atoms with van der Waals surface area (Å²) < 4.78 is 6.94. The van der Waals surface area contributed by atoms with Crippen LogP contribution >= 0.6 is 0 Å². The third-order valence-electron chi connectivity index (χ3n) is 1.71. The Morgan fingerprint density at radius 3 is 2.58 bits per heavy atom. The lowest BCUT2D eigenvalue weighted by atomic mass is 10.2. The number of benzene rings is 1. The van der Waals surface area contributed by atoms with Gasteiger partial charge in [0, 0.05) is 11.6 Å². The Balaban J connectivity index is 2.15. The van der Waals surface area contributed by atoms with Gasteiger partial charge in [0.05, 0.1) is 0 Å². The van der Waals surface area contributed by atoms with E-state index in [2.05, 4.69) is 12.1 Å². The molecule has 0 saturated heterocycles. The van der Waals surface area contributed by atoms with E-state index in [1.54, 1.807) is 11.0 Å². The Morgan fingerprint density at radius 2 is 1.92 bits per heavy atom. The molecule has 12 heavy (non-hydrogen) atoms. The second kappa shape index (κ2) is 3.22. The second-order valence-electron chi connectivity index (χ2n) is 2.64. The van der Waals surface area contributed by atoms with E-state index in [0.29, 0.717) is 0 Å². The molecule has 0 bridgehead atoms. The van der Waals surface area contributed by atoms with E-state index in [4.69, 9.17) is 4.52 Å². The van der Waals surface area contributed by atoms with Crippen LogP contribution < -0.4 is 4.74 Å². The predicted octanol–water partition coefficient (Wildman–Crippen LogP) is 1.62. The zero-order valence-electron chi connectivity index (χ0n) is 6.68. The molecule has 0 fully saturated rings. The molecule has 0 aliphatic heterocycles. The fraction of sp³-hybridized carbons (Fsp3) is 0.100. The molecule has 0 spiro atoms. The molecule has 1 aromatic carbocycles. The monoisotopic (exact) mass is 160 g/mol. The zero-order chi connectivity index (χ0) is 8.23. The molecule has 2 nitrogen and oxygen atoms in total. The maximum Gasteiger partial charge on any atom is 0.220 e. The van der Waals surface area contributed by atoms with Gasteiger partial charge >= 0.3 is 0 Å². The summed E-state index contributed by atoms with van der Waals surface area (Å²) in [4.78, 5) is 0. The lowest BCUT2D eigenvalue weighted by Crippen LogP contribution is -2.30. The van der Waals surface area contributed by atoms with Crippen LogP contribution in [0.5, 0.6) is 0 Å². The van der Waals surface area contributed by atoms with Crippen LogP contribution in [-0.4, -0.2) is 0 Å². The quantitative estimate of drug-likeness (QED) is 0.610. The molecule has 2 heteroatoms. The average molecular weight is 160 g/mol. The Kier molecular flexibility index (Phi) is 1.90. The van der Waals surface area contributed by atoms with Crippen LogP contribution in [0.4, 0.5) is 0 Å². The van der Waals surface area contributed by atoms with E-state index < -0.39 is 0 Å². The summed E-state index contributed by atoms with van der Waals surface area (Å²) in [7, 11) is 0. The van der Waals surface area contributed by atoms with Gasteiger partial charge in [-0.15, -0.1) is 0 Å². The summed E-state index contributed by atoms with van der Waals surface area (Å²) >= 11 is 0. The van der Waals surface area contributed by atoms with Gasteiger partial charge in [0.25, 0.3) is 0 Å². The number of nitrogens with zero attached hydrogens (tertiary/aromatic N) is 1. The van der Waals surface area contributed by atoms with E-state index >= 15 is 0 Å². The molecule has 0 atom stereocenters. The van der Waals surface area contributed by atoms with Crippen LogP contribution in [0.1, 0.15) is 5.56 Å². The lowest BCUT2D eigenvalue weighted by molar-refractivity contribution is -0.857. The molecule has 0 aliphatic rings. The summed E-state index contributed by atoms with van der Waals surface area (Å²) in [5, 5.41) is 0. The maximum atomic E-state index is 5.15. The first kappa shape index (κ1) is 7.10. The molecule has 0 unspecified atom stereocenters. The van der Waals surface area contributed by atoms with Crippen molar-refractivity contribution in [2.75, 3.05) is 0 Å². The van der Waals surface area contributed by atoms with Crippen LogP contribution in [0, 0.1) is 0 Å². The highest BCUT2D eigenvalue weighted by Gasteiger charge is 2.02. The van der Waals surface area contributed by atoms with Gasteiger partial charge in [-0.25, -0.2) is 4.52 Å². The fourth-order valence-electron chi connectivity index (χ4n) is 1.13. The lowest BCUT2D eigenvalue weighted by Gasteiger charge is -1.90. The van der Waals surface area contributed by atoms with E-state index in [0.717, 1.165) is 6.54 Å². The van der Waals surface area contributed by atoms with Crippen molar-refractivity contribution >= 4 is 0 Å². The highest BCUT2D eigenvalue weighted by atomic mass is 16.5. The smallest absolute Gasteiger partial charge is 0.220 e. The summed E-state index contributed by atoms with van der Waals surface area (Å²) in [6.45, 7) is 0.799. The van der Waals surface area contributed by atoms with Crippen LogP contribution in [0.25, 0.3) is 0 Å². The zero-order valence-corrected chi connectivity index (χ0v) is 6.68. The Morgan fingerprint density at radius 1 is 1.08 bits per heavy atom. The van der Waals surface area contributed by atoms with Crippen molar-refractivity contribution in [1.29, 1.82) is 0 Å². The Labute approximate surface area is 71.0 Å². The van der Waals surface area contributed by atoms with Gasteiger partial charge in [-0.1, -0.05) is 30.3 Å². The molecule has 1 heterocycles. The average Bonchev–Trinajstić information content (AvgIpc) is 2.59. The van der Waals surface area contributed by atoms with Crippen molar-refractivity contribution in [3.8, 4) is 0 Å². The Hall–Kier alpha value is -1.57. The summed E-state index contributed by atoms with van der Waals surface area (Å²) in [5.74, 6) is 0. The van der Waals surface area contributed by atoms with Crippen molar-refractivity contribution < 1.29 is 9.26 Å². The van der Waals surface area contributed by atoms with Gasteiger partial charge in [0.2, 0.25) is 12.7 Å². The minimum absolute atomic E-state index is 0.799. The standard InChI is InChI=1S/C10H10NO/c1-2-5-10(6-3-1)9-11-7-4-8-12-11/h1-8H,9H2/q+1. The van der Waals surface area contributed by atoms with Crippen molar-refractivity contribution in [2.24, 2.45) is 0 Å². The third-order valence-corrected chi connectivity index (χ3v) is 1.71. The van der Waals surface area contributed by atoms with Gasteiger partial charge in [-0.3, -0.25) is 0 Å².